The summed E-state index contributed by atoms with van der Waals surface area (Å²) in [6, 6.07) is -0.395. The van der Waals surface area contributed by atoms with Gasteiger partial charge in [0.25, 0.3) is 0 Å². The number of thiol groups is 1. The van der Waals surface area contributed by atoms with Crippen LogP contribution < -0.4 is 5.73 Å². The lowest BCUT2D eigenvalue weighted by Crippen LogP contribution is -2.46. The molecule has 0 fully saturated rings. The van der Waals surface area contributed by atoms with Crippen LogP contribution in [0.5, 0.6) is 0 Å². The van der Waals surface area contributed by atoms with E-state index in [2.05, 4.69) is 12.6 Å². The summed E-state index contributed by atoms with van der Waals surface area (Å²) in [5.41, 5.74) is 5.49. The van der Waals surface area contributed by atoms with Crippen molar-refractivity contribution in [3.8, 4) is 0 Å². The Morgan fingerprint density at radius 1 is 1.90 bits per heavy atom. The van der Waals surface area contributed by atoms with Crippen LogP contribution in [0.3, 0.4) is 0 Å². The lowest BCUT2D eigenvalue weighted by atomic mass is 10.00. The molecule has 0 heterocycles. The Balaban J connectivity index is 4.23. The second-order valence-electron chi connectivity index (χ2n) is 2.47. The quantitative estimate of drug-likeness (QED) is 0.531. The van der Waals surface area contributed by atoms with E-state index >= 15 is 0 Å². The van der Waals surface area contributed by atoms with Gasteiger partial charge in [0.2, 0.25) is 0 Å². The van der Waals surface area contributed by atoms with Gasteiger partial charge in [0.1, 0.15) is 4.75 Å². The van der Waals surface area contributed by atoms with Crippen molar-refractivity contribution in [2.24, 2.45) is 5.73 Å². The van der Waals surface area contributed by atoms with E-state index in [0.29, 0.717) is 6.42 Å². The van der Waals surface area contributed by atoms with Crippen LogP contribution in [0.4, 0.5) is 0 Å². The molecule has 0 aliphatic heterocycles. The zero-order chi connectivity index (χ0) is 8.36. The molecule has 4 heteroatoms. The number of carboxylic acid groups (broad SMARTS) is 1. The van der Waals surface area contributed by atoms with Crippen LogP contribution >= 0.6 is 12.6 Å². The molecule has 0 rings (SSSR count). The lowest BCUT2D eigenvalue weighted by molar-refractivity contribution is -0.139. The number of carbonyl (C=O) groups is 1. The molecule has 0 saturated carbocycles. The van der Waals surface area contributed by atoms with Crippen molar-refractivity contribution in [1.82, 2.24) is 0 Å². The summed E-state index contributed by atoms with van der Waals surface area (Å²) in [7, 11) is 0. The molecule has 0 aliphatic rings. The molecule has 10 heavy (non-hydrogen) atoms. The maximum atomic E-state index is 10.5. The Kier molecular flexibility index (Phi) is 3.18. The van der Waals surface area contributed by atoms with Gasteiger partial charge in [-0.1, -0.05) is 6.92 Å². The van der Waals surface area contributed by atoms with E-state index < -0.39 is 16.8 Å². The topological polar surface area (TPSA) is 63.3 Å². The third kappa shape index (κ3) is 1.88. The van der Waals surface area contributed by atoms with Gasteiger partial charge in [-0.25, -0.2) is 0 Å². The monoisotopic (exact) mass is 163 g/mol. The van der Waals surface area contributed by atoms with Crippen molar-refractivity contribution in [3.05, 3.63) is 0 Å². The molecule has 0 aromatic carbocycles. The zero-order valence-corrected chi connectivity index (χ0v) is 7.06. The summed E-state index contributed by atoms with van der Waals surface area (Å²) in [6.45, 7) is 3.34. The Morgan fingerprint density at radius 3 is 2.40 bits per heavy atom. The molecule has 3 N–H and O–H groups in total. The van der Waals surface area contributed by atoms with E-state index in [-0.39, 0.29) is 0 Å². The van der Waals surface area contributed by atoms with E-state index in [1.54, 1.807) is 0 Å². The fourth-order valence-corrected chi connectivity index (χ4v) is 0.739. The normalized spacial score (nSPS) is 19.6. The molecular weight excluding hydrogens is 150 g/mol. The minimum Gasteiger partial charge on any atom is -0.480 e. The largest absolute Gasteiger partial charge is 0.480 e. The first-order valence-electron chi connectivity index (χ1n) is 3.14. The molecule has 60 valence electrons. The molecule has 0 unspecified atom stereocenters. The Labute approximate surface area is 66.0 Å². The van der Waals surface area contributed by atoms with Crippen LogP contribution in [0.2, 0.25) is 0 Å². The SMILES string of the molecule is CC[C@H](N)[C@](C)(S)C(=O)O. The van der Waals surface area contributed by atoms with Crippen molar-refractivity contribution >= 4 is 18.6 Å². The highest BCUT2D eigenvalue weighted by Gasteiger charge is 2.34. The molecule has 2 atom stereocenters. The standard InChI is InChI=1S/C6H13NO2S/c1-3-4(7)6(2,10)5(8)9/h4,10H,3,7H2,1-2H3,(H,8,9)/t4-,6-/m0/s1. The van der Waals surface area contributed by atoms with Crippen LogP contribution in [0.25, 0.3) is 0 Å². The summed E-state index contributed by atoms with van der Waals surface area (Å²) in [5, 5.41) is 8.59. The lowest BCUT2D eigenvalue weighted by Gasteiger charge is -2.24. The van der Waals surface area contributed by atoms with E-state index in [4.69, 9.17) is 10.8 Å². The van der Waals surface area contributed by atoms with Crippen molar-refractivity contribution in [1.29, 1.82) is 0 Å². The van der Waals surface area contributed by atoms with Gasteiger partial charge in [-0.3, -0.25) is 4.79 Å². The smallest absolute Gasteiger partial charge is 0.320 e. The van der Waals surface area contributed by atoms with Crippen molar-refractivity contribution < 1.29 is 9.90 Å². The average molecular weight is 163 g/mol. The van der Waals surface area contributed by atoms with Crippen molar-refractivity contribution in [2.45, 2.75) is 31.1 Å². The highest BCUT2D eigenvalue weighted by Crippen LogP contribution is 2.19. The van der Waals surface area contributed by atoms with Gasteiger partial charge in [0.15, 0.2) is 0 Å². The van der Waals surface area contributed by atoms with E-state index in [9.17, 15) is 4.79 Å². The average Bonchev–Trinajstić information content (AvgIpc) is 1.86. The number of carboxylic acids is 1. The van der Waals surface area contributed by atoms with Crippen LogP contribution in [0.1, 0.15) is 20.3 Å². The second-order valence-corrected chi connectivity index (χ2v) is 3.40. The first-order valence-corrected chi connectivity index (χ1v) is 3.59. The predicted molar refractivity (Wildman–Crippen MR) is 43.3 cm³/mol. The molecule has 0 aromatic rings. The molecule has 0 spiro atoms. The fourth-order valence-electron chi connectivity index (χ4n) is 0.556. The minimum absolute atomic E-state index is 0.395. The molecule has 0 radical (unpaired) electrons. The van der Waals surface area contributed by atoms with Crippen molar-refractivity contribution in [2.75, 3.05) is 0 Å². The fraction of sp³-hybridized carbons (Fsp3) is 0.833. The van der Waals surface area contributed by atoms with Gasteiger partial charge >= 0.3 is 5.97 Å². The maximum absolute atomic E-state index is 10.5. The van der Waals surface area contributed by atoms with E-state index in [0.717, 1.165) is 0 Å². The summed E-state index contributed by atoms with van der Waals surface area (Å²) >= 11 is 3.93. The highest BCUT2D eigenvalue weighted by molar-refractivity contribution is 7.82. The van der Waals surface area contributed by atoms with Crippen LogP contribution in [-0.4, -0.2) is 21.9 Å². The Bertz CT molecular complexity index is 136. The van der Waals surface area contributed by atoms with Crippen LogP contribution in [-0.2, 0) is 4.79 Å². The zero-order valence-electron chi connectivity index (χ0n) is 6.16. The van der Waals surface area contributed by atoms with E-state index in [1.165, 1.54) is 6.92 Å². The van der Waals surface area contributed by atoms with Crippen LogP contribution in [0, 0.1) is 0 Å². The molecule has 0 aromatic heterocycles. The predicted octanol–water partition coefficient (Wildman–Crippen LogP) is 0.497. The first kappa shape index (κ1) is 9.78. The molecule has 3 nitrogen and oxygen atoms in total. The van der Waals surface area contributed by atoms with Gasteiger partial charge in [-0.15, -0.1) is 0 Å². The third-order valence-electron chi connectivity index (χ3n) is 1.59. The summed E-state index contributed by atoms with van der Waals surface area (Å²) in [6.07, 6.45) is 0.617. The number of aliphatic carboxylic acids is 1. The Hall–Kier alpha value is -0.220. The van der Waals surface area contributed by atoms with E-state index in [1.807, 2.05) is 6.92 Å². The second kappa shape index (κ2) is 3.25. The minimum atomic E-state index is -1.10. The van der Waals surface area contributed by atoms with Crippen molar-refractivity contribution in [3.63, 3.8) is 0 Å². The van der Waals surface area contributed by atoms with Crippen LogP contribution in [0.15, 0.2) is 0 Å². The number of hydrogen-bond donors (Lipinski definition) is 3. The number of hydrogen-bond acceptors (Lipinski definition) is 3. The number of rotatable bonds is 3. The first-order chi connectivity index (χ1) is 4.42. The van der Waals surface area contributed by atoms with Gasteiger partial charge in [0.05, 0.1) is 0 Å². The summed E-state index contributed by atoms with van der Waals surface area (Å²) in [5.74, 6) is -0.967. The highest BCUT2D eigenvalue weighted by atomic mass is 32.1. The van der Waals surface area contributed by atoms with Gasteiger partial charge in [-0.05, 0) is 13.3 Å². The maximum Gasteiger partial charge on any atom is 0.320 e. The number of nitrogens with two attached hydrogens (primary N) is 1. The third-order valence-corrected chi connectivity index (χ3v) is 2.12. The van der Waals surface area contributed by atoms with Gasteiger partial charge < -0.3 is 10.8 Å². The van der Waals surface area contributed by atoms with Gasteiger partial charge in [0, 0.05) is 6.04 Å². The summed E-state index contributed by atoms with van der Waals surface area (Å²) in [4.78, 5) is 10.5. The van der Waals surface area contributed by atoms with Gasteiger partial charge in [-0.2, -0.15) is 12.6 Å². The summed E-state index contributed by atoms with van der Waals surface area (Å²) < 4.78 is -1.10. The molecule has 0 amide bonds. The molecule has 0 bridgehead atoms. The molecule has 0 saturated heterocycles. The molecular formula is C6H13NO2S. The Morgan fingerprint density at radius 2 is 2.30 bits per heavy atom. The molecule has 0 aliphatic carbocycles.